The second-order valence-electron chi connectivity index (χ2n) is 4.89. The van der Waals surface area contributed by atoms with E-state index in [0.717, 1.165) is 10.4 Å². The average Bonchev–Trinajstić information content (AvgIpc) is 3.29. The third-order valence-electron chi connectivity index (χ3n) is 3.09. The van der Waals surface area contributed by atoms with Crippen LogP contribution in [0.3, 0.4) is 0 Å². The van der Waals surface area contributed by atoms with E-state index in [0.29, 0.717) is 23.3 Å². The van der Waals surface area contributed by atoms with Gasteiger partial charge in [0.1, 0.15) is 5.82 Å². The molecule has 7 heteroatoms. The van der Waals surface area contributed by atoms with Crippen LogP contribution in [0.25, 0.3) is 12.2 Å². The van der Waals surface area contributed by atoms with Gasteiger partial charge in [-0.2, -0.15) is 0 Å². The van der Waals surface area contributed by atoms with E-state index in [1.165, 1.54) is 11.8 Å². The minimum atomic E-state index is -0.0282. The highest BCUT2D eigenvalue weighted by Gasteiger charge is 2.07. The number of rotatable bonds is 7. The Morgan fingerprint density at radius 3 is 2.88 bits per heavy atom. The van der Waals surface area contributed by atoms with Gasteiger partial charge in [0.2, 0.25) is 11.1 Å². The van der Waals surface area contributed by atoms with E-state index in [9.17, 15) is 4.79 Å². The molecule has 0 unspecified atom stereocenters. The molecule has 0 spiro atoms. The molecule has 0 atom stereocenters. The second kappa shape index (κ2) is 8.47. The summed E-state index contributed by atoms with van der Waals surface area (Å²) in [5, 5.41) is 12.4. The first-order valence-corrected chi connectivity index (χ1v) is 9.23. The van der Waals surface area contributed by atoms with Crippen LogP contribution in [0, 0.1) is 0 Å². The Bertz CT molecular complexity index is 797. The summed E-state index contributed by atoms with van der Waals surface area (Å²) in [7, 11) is 0. The van der Waals surface area contributed by atoms with Crippen LogP contribution in [0.15, 0.2) is 53.0 Å². The van der Waals surface area contributed by atoms with Gasteiger partial charge in [-0.25, -0.2) is 4.98 Å². The quantitative estimate of drug-likeness (QED) is 0.636. The normalized spacial score (nSPS) is 11.0. The molecule has 2 N–H and O–H groups in total. The zero-order chi connectivity index (χ0) is 16.6. The molecular weight excluding hydrogens is 340 g/mol. The molecule has 0 fully saturated rings. The van der Waals surface area contributed by atoms with E-state index in [1.54, 1.807) is 11.3 Å². The minimum Gasteiger partial charge on any atom is -0.350 e. The van der Waals surface area contributed by atoms with Crippen LogP contribution >= 0.6 is 23.1 Å². The highest BCUT2D eigenvalue weighted by atomic mass is 32.2. The standard InChI is InChI=1S/C17H16N4OS2/c22-16(18-11-14-7-4-10-23-14)12-24-17-19-15(20-21-17)9-8-13-5-2-1-3-6-13/h1-10H,11-12H2,(H,18,22)(H,19,20,21)/b9-8+. The maximum Gasteiger partial charge on any atom is 0.230 e. The number of aromatic amines is 1. The zero-order valence-electron chi connectivity index (χ0n) is 12.8. The number of thiophene rings is 1. The van der Waals surface area contributed by atoms with Gasteiger partial charge in [0.05, 0.1) is 12.3 Å². The molecule has 24 heavy (non-hydrogen) atoms. The average molecular weight is 356 g/mol. The van der Waals surface area contributed by atoms with Crippen LogP contribution in [0.2, 0.25) is 0 Å². The lowest BCUT2D eigenvalue weighted by Crippen LogP contribution is -2.24. The summed E-state index contributed by atoms with van der Waals surface area (Å²) in [5.41, 5.74) is 1.09. The molecule has 2 heterocycles. The largest absolute Gasteiger partial charge is 0.350 e. The van der Waals surface area contributed by atoms with E-state index in [4.69, 9.17) is 0 Å². The Morgan fingerprint density at radius 1 is 1.21 bits per heavy atom. The molecule has 0 radical (unpaired) electrons. The van der Waals surface area contributed by atoms with Gasteiger partial charge in [0.15, 0.2) is 0 Å². The van der Waals surface area contributed by atoms with Crippen molar-refractivity contribution in [3.05, 3.63) is 64.1 Å². The van der Waals surface area contributed by atoms with E-state index in [2.05, 4.69) is 20.5 Å². The van der Waals surface area contributed by atoms with Crippen LogP contribution in [0.5, 0.6) is 0 Å². The van der Waals surface area contributed by atoms with Gasteiger partial charge < -0.3 is 5.32 Å². The molecule has 3 aromatic rings. The number of thioether (sulfide) groups is 1. The lowest BCUT2D eigenvalue weighted by Gasteiger charge is -2.01. The van der Waals surface area contributed by atoms with Crippen LogP contribution < -0.4 is 5.32 Å². The smallest absolute Gasteiger partial charge is 0.230 e. The van der Waals surface area contributed by atoms with Gasteiger partial charge in [-0.15, -0.1) is 16.4 Å². The lowest BCUT2D eigenvalue weighted by atomic mass is 10.2. The van der Waals surface area contributed by atoms with Gasteiger partial charge in [-0.1, -0.05) is 54.2 Å². The summed E-state index contributed by atoms with van der Waals surface area (Å²) >= 11 is 2.94. The van der Waals surface area contributed by atoms with Gasteiger partial charge >= 0.3 is 0 Å². The predicted octanol–water partition coefficient (Wildman–Crippen LogP) is 3.45. The number of nitrogens with one attached hydrogen (secondary N) is 2. The highest BCUT2D eigenvalue weighted by molar-refractivity contribution is 7.99. The van der Waals surface area contributed by atoms with Crippen molar-refractivity contribution in [3.63, 3.8) is 0 Å². The van der Waals surface area contributed by atoms with Crippen molar-refractivity contribution in [2.24, 2.45) is 0 Å². The molecule has 1 aromatic carbocycles. The summed E-state index contributed by atoms with van der Waals surface area (Å²) in [6, 6.07) is 13.9. The molecule has 0 aliphatic carbocycles. The van der Waals surface area contributed by atoms with Crippen LogP contribution in [-0.2, 0) is 11.3 Å². The number of benzene rings is 1. The summed E-state index contributed by atoms with van der Waals surface area (Å²) < 4.78 is 0. The Labute approximate surface area is 148 Å². The van der Waals surface area contributed by atoms with Crippen molar-refractivity contribution in [1.29, 1.82) is 0 Å². The van der Waals surface area contributed by atoms with Crippen LogP contribution in [0.4, 0.5) is 0 Å². The van der Waals surface area contributed by atoms with Crippen LogP contribution in [-0.4, -0.2) is 26.8 Å². The molecule has 0 saturated heterocycles. The fourth-order valence-electron chi connectivity index (χ4n) is 1.92. The van der Waals surface area contributed by atoms with Gasteiger partial charge in [0.25, 0.3) is 0 Å². The maximum atomic E-state index is 11.8. The topological polar surface area (TPSA) is 70.7 Å². The fraction of sp³-hybridized carbons (Fsp3) is 0.118. The number of aromatic nitrogens is 3. The van der Waals surface area contributed by atoms with Crippen molar-refractivity contribution in [2.45, 2.75) is 11.7 Å². The Hall–Kier alpha value is -2.38. The Kier molecular flexibility index (Phi) is 5.81. The third kappa shape index (κ3) is 5.07. The van der Waals surface area contributed by atoms with E-state index in [1.807, 2.05) is 60.0 Å². The van der Waals surface area contributed by atoms with Gasteiger partial charge in [-0.3, -0.25) is 9.89 Å². The number of hydrogen-bond donors (Lipinski definition) is 2. The van der Waals surface area contributed by atoms with Crippen molar-refractivity contribution >= 4 is 41.2 Å². The van der Waals surface area contributed by atoms with E-state index in [-0.39, 0.29) is 5.91 Å². The van der Waals surface area contributed by atoms with Gasteiger partial charge in [-0.05, 0) is 23.1 Å². The van der Waals surface area contributed by atoms with Gasteiger partial charge in [0, 0.05) is 4.88 Å². The first-order valence-electron chi connectivity index (χ1n) is 7.37. The Morgan fingerprint density at radius 2 is 2.08 bits per heavy atom. The number of nitrogens with zero attached hydrogens (tertiary/aromatic N) is 2. The second-order valence-corrected chi connectivity index (χ2v) is 6.87. The first kappa shape index (κ1) is 16.5. The Balaban J connectivity index is 1.45. The predicted molar refractivity (Wildman–Crippen MR) is 98.6 cm³/mol. The molecule has 2 aromatic heterocycles. The first-order chi connectivity index (χ1) is 11.8. The summed E-state index contributed by atoms with van der Waals surface area (Å²) in [6.45, 7) is 0.566. The summed E-state index contributed by atoms with van der Waals surface area (Å²) in [6.07, 6.45) is 3.83. The van der Waals surface area contributed by atoms with Crippen molar-refractivity contribution < 1.29 is 4.79 Å². The maximum absolute atomic E-state index is 11.8. The number of carbonyl (C=O) groups is 1. The SMILES string of the molecule is O=C(CSc1n[nH]c(/C=C/c2ccccc2)n1)NCc1cccs1. The zero-order valence-corrected chi connectivity index (χ0v) is 14.4. The van der Waals surface area contributed by atoms with Crippen molar-refractivity contribution in [2.75, 3.05) is 5.75 Å². The van der Waals surface area contributed by atoms with Crippen molar-refractivity contribution in [1.82, 2.24) is 20.5 Å². The molecule has 0 bridgehead atoms. The summed E-state index contributed by atoms with van der Waals surface area (Å²) in [4.78, 5) is 17.3. The van der Waals surface area contributed by atoms with Crippen LogP contribution in [0.1, 0.15) is 16.3 Å². The lowest BCUT2D eigenvalue weighted by molar-refractivity contribution is -0.118. The molecule has 0 aliphatic rings. The number of H-pyrrole nitrogens is 1. The van der Waals surface area contributed by atoms with E-state index >= 15 is 0 Å². The number of hydrogen-bond acceptors (Lipinski definition) is 5. The highest BCUT2D eigenvalue weighted by Crippen LogP contribution is 2.13. The number of carbonyl (C=O) groups excluding carboxylic acids is 1. The summed E-state index contributed by atoms with van der Waals surface area (Å²) in [5.74, 6) is 0.936. The number of amides is 1. The minimum absolute atomic E-state index is 0.0282. The molecule has 0 saturated carbocycles. The molecule has 122 valence electrons. The monoisotopic (exact) mass is 356 g/mol. The molecule has 5 nitrogen and oxygen atoms in total. The van der Waals surface area contributed by atoms with E-state index < -0.39 is 0 Å². The fourth-order valence-corrected chi connectivity index (χ4v) is 3.20. The third-order valence-corrected chi connectivity index (χ3v) is 4.81. The molecule has 0 aliphatic heterocycles. The molecule has 1 amide bonds. The molecule has 3 rings (SSSR count). The molecular formula is C17H16N4OS2. The van der Waals surface area contributed by atoms with Crippen molar-refractivity contribution in [3.8, 4) is 0 Å².